The lowest BCUT2D eigenvalue weighted by Crippen LogP contribution is -1.89. The average Bonchev–Trinajstić information content (AvgIpc) is 2.55. The van der Waals surface area contributed by atoms with Crippen LogP contribution in [-0.4, -0.2) is 0 Å². The second-order valence-corrected chi connectivity index (χ2v) is 3.95. The van der Waals surface area contributed by atoms with Crippen LogP contribution in [0.3, 0.4) is 0 Å². The molecule has 0 fully saturated rings. The molecule has 0 heteroatoms. The van der Waals surface area contributed by atoms with Crippen LogP contribution in [0.1, 0.15) is 44.9 Å². The van der Waals surface area contributed by atoms with E-state index in [0.29, 0.717) is 0 Å². The van der Waals surface area contributed by atoms with Gasteiger partial charge in [0.1, 0.15) is 0 Å². The number of rotatable bonds is 1. The first-order valence-corrected chi connectivity index (χ1v) is 5.50. The molecule has 0 aromatic carbocycles. The van der Waals surface area contributed by atoms with Crippen molar-refractivity contribution in [2.75, 3.05) is 0 Å². The van der Waals surface area contributed by atoms with Gasteiger partial charge in [-0.1, -0.05) is 24.3 Å². The van der Waals surface area contributed by atoms with Gasteiger partial charge >= 0.3 is 0 Å². The van der Waals surface area contributed by atoms with Gasteiger partial charge in [0.15, 0.2) is 0 Å². The van der Waals surface area contributed by atoms with Crippen LogP contribution in [0.5, 0.6) is 0 Å². The molecule has 0 bridgehead atoms. The summed E-state index contributed by atoms with van der Waals surface area (Å²) >= 11 is 0. The van der Waals surface area contributed by atoms with E-state index >= 15 is 0 Å². The van der Waals surface area contributed by atoms with E-state index in [-0.39, 0.29) is 0 Å². The van der Waals surface area contributed by atoms with Crippen LogP contribution in [0.4, 0.5) is 0 Å². The SMILES string of the molecule is C1=C(/C2=C/C/C=C\CCC2)CCC1. The highest BCUT2D eigenvalue weighted by Crippen LogP contribution is 2.29. The molecule has 2 aliphatic rings. The minimum Gasteiger partial charge on any atom is -0.0882 e. The Balaban J connectivity index is 2.06. The molecule has 0 radical (unpaired) electrons. The van der Waals surface area contributed by atoms with Gasteiger partial charge in [0.2, 0.25) is 0 Å². The Morgan fingerprint density at radius 2 is 1.54 bits per heavy atom. The smallest absolute Gasteiger partial charge is 0.0163 e. The van der Waals surface area contributed by atoms with Crippen LogP contribution < -0.4 is 0 Å². The normalized spacial score (nSPS) is 29.8. The quantitative estimate of drug-likeness (QED) is 0.524. The fraction of sp³-hybridized carbons (Fsp3) is 0.538. The van der Waals surface area contributed by atoms with Gasteiger partial charge in [0.05, 0.1) is 0 Å². The van der Waals surface area contributed by atoms with E-state index in [9.17, 15) is 0 Å². The molecule has 0 saturated carbocycles. The maximum atomic E-state index is 2.44. The third kappa shape index (κ3) is 2.33. The highest BCUT2D eigenvalue weighted by atomic mass is 14.1. The summed E-state index contributed by atoms with van der Waals surface area (Å²) in [6.07, 6.45) is 18.5. The van der Waals surface area contributed by atoms with E-state index in [1.54, 1.807) is 11.1 Å². The molecular weight excluding hydrogens is 156 g/mol. The van der Waals surface area contributed by atoms with Crippen LogP contribution in [-0.2, 0) is 0 Å². The van der Waals surface area contributed by atoms with Crippen molar-refractivity contribution in [2.24, 2.45) is 0 Å². The van der Waals surface area contributed by atoms with Crippen LogP contribution in [0.15, 0.2) is 35.5 Å². The van der Waals surface area contributed by atoms with E-state index < -0.39 is 0 Å². The molecule has 2 aliphatic carbocycles. The zero-order valence-electron chi connectivity index (χ0n) is 8.26. The molecule has 0 heterocycles. The molecule has 0 aliphatic heterocycles. The van der Waals surface area contributed by atoms with Crippen LogP contribution in [0.2, 0.25) is 0 Å². The summed E-state index contributed by atoms with van der Waals surface area (Å²) in [6, 6.07) is 0. The van der Waals surface area contributed by atoms with Gasteiger partial charge in [-0.2, -0.15) is 0 Å². The molecule has 2 rings (SSSR count). The first-order valence-electron chi connectivity index (χ1n) is 5.50. The molecule has 0 N–H and O–H groups in total. The predicted molar refractivity (Wildman–Crippen MR) is 57.6 cm³/mol. The molecular formula is C13H18. The topological polar surface area (TPSA) is 0 Å². The fourth-order valence-corrected chi connectivity index (χ4v) is 2.19. The van der Waals surface area contributed by atoms with Gasteiger partial charge in [0.25, 0.3) is 0 Å². The zero-order chi connectivity index (χ0) is 8.93. The van der Waals surface area contributed by atoms with Gasteiger partial charge in [0, 0.05) is 0 Å². The number of hydrogen-bond acceptors (Lipinski definition) is 0. The van der Waals surface area contributed by atoms with Crippen molar-refractivity contribution in [2.45, 2.75) is 44.9 Å². The minimum absolute atomic E-state index is 1.15. The van der Waals surface area contributed by atoms with Crippen molar-refractivity contribution in [3.8, 4) is 0 Å². The standard InChI is InChI=1S/C13H18/c1-2-4-8-12(9-5-3-1)13-10-6-7-11-13/h1-2,8,10H,3-7,9,11H2/b2-1-,12-8+. The lowest BCUT2D eigenvalue weighted by molar-refractivity contribution is 0.810. The van der Waals surface area contributed by atoms with Crippen LogP contribution in [0.25, 0.3) is 0 Å². The third-order valence-corrected chi connectivity index (χ3v) is 2.94. The Labute approximate surface area is 81.0 Å². The summed E-state index contributed by atoms with van der Waals surface area (Å²) in [6.45, 7) is 0. The van der Waals surface area contributed by atoms with Crippen molar-refractivity contribution in [1.29, 1.82) is 0 Å². The molecule has 0 unspecified atom stereocenters. The summed E-state index contributed by atoms with van der Waals surface area (Å²) in [5.74, 6) is 0. The van der Waals surface area contributed by atoms with E-state index in [4.69, 9.17) is 0 Å². The lowest BCUT2D eigenvalue weighted by atomic mass is 9.97. The van der Waals surface area contributed by atoms with Crippen molar-refractivity contribution in [3.63, 3.8) is 0 Å². The molecule has 0 amide bonds. The molecule has 0 aromatic rings. The monoisotopic (exact) mass is 174 g/mol. The average molecular weight is 174 g/mol. The van der Waals surface area contributed by atoms with Crippen LogP contribution >= 0.6 is 0 Å². The number of allylic oxidation sites excluding steroid dienone is 6. The summed E-state index contributed by atoms with van der Waals surface area (Å²) in [4.78, 5) is 0. The predicted octanol–water partition coefficient (Wildman–Crippen LogP) is 4.15. The van der Waals surface area contributed by atoms with Crippen LogP contribution in [0, 0.1) is 0 Å². The summed E-state index contributed by atoms with van der Waals surface area (Å²) in [5.41, 5.74) is 3.29. The van der Waals surface area contributed by atoms with Gasteiger partial charge in [-0.25, -0.2) is 0 Å². The third-order valence-electron chi connectivity index (χ3n) is 2.94. The van der Waals surface area contributed by atoms with Gasteiger partial charge in [-0.15, -0.1) is 0 Å². The van der Waals surface area contributed by atoms with E-state index in [0.717, 1.165) is 6.42 Å². The van der Waals surface area contributed by atoms with Crippen molar-refractivity contribution in [1.82, 2.24) is 0 Å². The molecule has 13 heavy (non-hydrogen) atoms. The van der Waals surface area contributed by atoms with Gasteiger partial charge < -0.3 is 0 Å². The molecule has 70 valence electrons. The van der Waals surface area contributed by atoms with E-state index in [1.807, 2.05) is 0 Å². The highest BCUT2D eigenvalue weighted by Gasteiger charge is 2.09. The Hall–Kier alpha value is -0.780. The highest BCUT2D eigenvalue weighted by molar-refractivity contribution is 5.33. The Bertz CT molecular complexity index is 253. The molecule has 0 atom stereocenters. The maximum absolute atomic E-state index is 2.44. The largest absolute Gasteiger partial charge is 0.0882 e. The second kappa shape index (κ2) is 4.45. The van der Waals surface area contributed by atoms with Crippen molar-refractivity contribution in [3.05, 3.63) is 35.5 Å². The first kappa shape index (κ1) is 8.80. The summed E-state index contributed by atoms with van der Waals surface area (Å²) < 4.78 is 0. The van der Waals surface area contributed by atoms with Gasteiger partial charge in [-0.3, -0.25) is 0 Å². The molecule has 0 nitrogen and oxygen atoms in total. The fourth-order valence-electron chi connectivity index (χ4n) is 2.19. The Morgan fingerprint density at radius 1 is 0.769 bits per heavy atom. The first-order chi connectivity index (χ1) is 6.47. The Morgan fingerprint density at radius 3 is 2.38 bits per heavy atom. The molecule has 0 spiro atoms. The zero-order valence-corrected chi connectivity index (χ0v) is 8.26. The second-order valence-electron chi connectivity index (χ2n) is 3.95. The molecule has 0 saturated heterocycles. The van der Waals surface area contributed by atoms with Crippen molar-refractivity contribution < 1.29 is 0 Å². The minimum atomic E-state index is 1.15. The van der Waals surface area contributed by atoms with E-state index in [2.05, 4.69) is 24.3 Å². The summed E-state index contributed by atoms with van der Waals surface area (Å²) in [5, 5.41) is 0. The summed E-state index contributed by atoms with van der Waals surface area (Å²) in [7, 11) is 0. The molecule has 0 aromatic heterocycles. The lowest BCUT2D eigenvalue weighted by Gasteiger charge is -2.09. The van der Waals surface area contributed by atoms with E-state index in [1.165, 1.54) is 38.5 Å². The maximum Gasteiger partial charge on any atom is -0.0163 e. The number of hydrogen-bond donors (Lipinski definition) is 0. The Kier molecular flexibility index (Phi) is 3.02. The van der Waals surface area contributed by atoms with Crippen molar-refractivity contribution >= 4 is 0 Å². The van der Waals surface area contributed by atoms with Gasteiger partial charge in [-0.05, 0) is 56.1 Å².